The number of hydrogen-bond acceptors (Lipinski definition) is 3. The van der Waals surface area contributed by atoms with E-state index in [0.717, 1.165) is 37.7 Å². The lowest BCUT2D eigenvalue weighted by atomic mass is 10.00. The number of hydrogen-bond donors (Lipinski definition) is 2. The number of guanidine groups is 1. The molecule has 0 bridgehead atoms. The van der Waals surface area contributed by atoms with Gasteiger partial charge in [0, 0.05) is 31.7 Å². The molecule has 27 heavy (non-hydrogen) atoms. The Balaban J connectivity index is 0.00000364. The predicted octanol–water partition coefficient (Wildman–Crippen LogP) is 3.39. The topological polar surface area (TPSA) is 48.9 Å². The van der Waals surface area contributed by atoms with E-state index in [1.165, 1.54) is 12.1 Å². The van der Waals surface area contributed by atoms with E-state index >= 15 is 0 Å². The van der Waals surface area contributed by atoms with Crippen LogP contribution in [0.1, 0.15) is 40.2 Å². The van der Waals surface area contributed by atoms with Gasteiger partial charge in [0.1, 0.15) is 5.82 Å². The Kier molecular flexibility index (Phi) is 9.97. The molecule has 154 valence electrons. The van der Waals surface area contributed by atoms with Crippen molar-refractivity contribution in [3.8, 4) is 0 Å². The van der Waals surface area contributed by atoms with Crippen molar-refractivity contribution in [1.29, 1.82) is 0 Å². The number of morpholine rings is 1. The van der Waals surface area contributed by atoms with Gasteiger partial charge in [-0.3, -0.25) is 4.90 Å². The fourth-order valence-electron chi connectivity index (χ4n) is 3.19. The van der Waals surface area contributed by atoms with Gasteiger partial charge in [-0.15, -0.1) is 24.0 Å². The molecule has 1 aromatic carbocycles. The Morgan fingerprint density at radius 2 is 1.78 bits per heavy atom. The molecule has 0 aromatic heterocycles. The van der Waals surface area contributed by atoms with Crippen molar-refractivity contribution < 1.29 is 9.13 Å². The maximum Gasteiger partial charge on any atom is 0.191 e. The Bertz CT molecular complexity index is 584. The molecule has 0 spiro atoms. The van der Waals surface area contributed by atoms with Crippen LogP contribution in [0.5, 0.6) is 0 Å². The van der Waals surface area contributed by atoms with Crippen molar-refractivity contribution in [3.05, 3.63) is 35.6 Å². The Morgan fingerprint density at radius 1 is 1.19 bits per heavy atom. The molecule has 5 nitrogen and oxygen atoms in total. The highest BCUT2D eigenvalue weighted by Gasteiger charge is 2.33. The number of halogens is 2. The van der Waals surface area contributed by atoms with E-state index in [2.05, 4.69) is 48.2 Å². The zero-order chi connectivity index (χ0) is 19.2. The van der Waals surface area contributed by atoms with Crippen molar-refractivity contribution >= 4 is 29.9 Å². The van der Waals surface area contributed by atoms with E-state index in [1.54, 1.807) is 12.1 Å². The number of benzene rings is 1. The molecule has 2 atom stereocenters. The van der Waals surface area contributed by atoms with Gasteiger partial charge in [-0.25, -0.2) is 9.38 Å². The first-order chi connectivity index (χ1) is 12.3. The summed E-state index contributed by atoms with van der Waals surface area (Å²) in [7, 11) is 0. The molecule has 0 amide bonds. The lowest BCUT2D eigenvalue weighted by Gasteiger charge is -2.45. The van der Waals surface area contributed by atoms with E-state index in [0.29, 0.717) is 6.54 Å². The Labute approximate surface area is 180 Å². The molecule has 1 saturated heterocycles. The first-order valence-electron chi connectivity index (χ1n) is 9.47. The van der Waals surface area contributed by atoms with Gasteiger partial charge >= 0.3 is 0 Å². The van der Waals surface area contributed by atoms with Crippen LogP contribution in [0.15, 0.2) is 29.3 Å². The van der Waals surface area contributed by atoms with Crippen LogP contribution in [0.25, 0.3) is 0 Å². The average molecular weight is 492 g/mol. The molecular weight excluding hydrogens is 458 g/mol. The quantitative estimate of drug-likeness (QED) is 0.363. The average Bonchev–Trinajstić information content (AvgIpc) is 2.58. The molecule has 1 heterocycles. The van der Waals surface area contributed by atoms with Gasteiger partial charge in [-0.05, 0) is 52.3 Å². The summed E-state index contributed by atoms with van der Waals surface area (Å²) in [4.78, 5) is 7.09. The highest BCUT2D eigenvalue weighted by Crippen LogP contribution is 2.20. The van der Waals surface area contributed by atoms with Gasteiger partial charge in [0.05, 0.1) is 18.8 Å². The third-order valence-electron chi connectivity index (χ3n) is 4.64. The smallest absolute Gasteiger partial charge is 0.191 e. The monoisotopic (exact) mass is 492 g/mol. The fraction of sp³-hybridized carbons (Fsp3) is 0.650. The largest absolute Gasteiger partial charge is 0.373 e. The summed E-state index contributed by atoms with van der Waals surface area (Å²) in [6, 6.07) is 6.47. The van der Waals surface area contributed by atoms with Crippen LogP contribution < -0.4 is 10.6 Å². The maximum absolute atomic E-state index is 13.0. The molecule has 1 aliphatic rings. The van der Waals surface area contributed by atoms with E-state index in [9.17, 15) is 4.39 Å². The van der Waals surface area contributed by atoms with Crippen molar-refractivity contribution in [2.24, 2.45) is 4.99 Å². The maximum atomic E-state index is 13.0. The molecule has 1 aromatic rings. The van der Waals surface area contributed by atoms with Gasteiger partial charge < -0.3 is 15.4 Å². The lowest BCUT2D eigenvalue weighted by Crippen LogP contribution is -2.59. The molecule has 0 aliphatic carbocycles. The second kappa shape index (κ2) is 11.2. The molecule has 0 radical (unpaired) electrons. The van der Waals surface area contributed by atoms with Crippen molar-refractivity contribution in [3.63, 3.8) is 0 Å². The molecule has 1 aliphatic heterocycles. The minimum atomic E-state index is -0.224. The summed E-state index contributed by atoms with van der Waals surface area (Å²) < 4.78 is 18.9. The molecule has 7 heteroatoms. The highest BCUT2D eigenvalue weighted by molar-refractivity contribution is 14.0. The first kappa shape index (κ1) is 24.1. The summed E-state index contributed by atoms with van der Waals surface area (Å²) in [6.07, 6.45) is 0.497. The zero-order valence-electron chi connectivity index (χ0n) is 17.1. The van der Waals surface area contributed by atoms with E-state index < -0.39 is 0 Å². The predicted molar refractivity (Wildman–Crippen MR) is 120 cm³/mol. The SMILES string of the molecule is CCNC(=NCc1ccc(F)cc1)NCC(C)(C)N1CC(C)OC(C)C1.I. The summed E-state index contributed by atoms with van der Waals surface area (Å²) in [5.41, 5.74) is 0.969. The van der Waals surface area contributed by atoms with E-state index in [-0.39, 0.29) is 47.5 Å². The molecule has 1 fully saturated rings. The summed E-state index contributed by atoms with van der Waals surface area (Å²) in [5, 5.41) is 6.73. The summed E-state index contributed by atoms with van der Waals surface area (Å²) in [6.45, 7) is 14.7. The van der Waals surface area contributed by atoms with Crippen LogP contribution in [-0.2, 0) is 11.3 Å². The Morgan fingerprint density at radius 3 is 2.33 bits per heavy atom. The second-order valence-electron chi connectivity index (χ2n) is 7.65. The third-order valence-corrected chi connectivity index (χ3v) is 4.64. The normalized spacial score (nSPS) is 21.5. The van der Waals surface area contributed by atoms with Crippen molar-refractivity contribution in [2.45, 2.75) is 58.9 Å². The molecule has 2 rings (SSSR count). The van der Waals surface area contributed by atoms with Gasteiger partial charge in [-0.2, -0.15) is 0 Å². The Hall–Kier alpha value is -0.930. The zero-order valence-corrected chi connectivity index (χ0v) is 19.4. The van der Waals surface area contributed by atoms with Crippen LogP contribution in [0.2, 0.25) is 0 Å². The lowest BCUT2D eigenvalue weighted by molar-refractivity contribution is -0.0946. The summed E-state index contributed by atoms with van der Waals surface area (Å²) in [5.74, 6) is 0.553. The highest BCUT2D eigenvalue weighted by atomic mass is 127. The third kappa shape index (κ3) is 7.91. The van der Waals surface area contributed by atoms with Gasteiger partial charge in [0.15, 0.2) is 5.96 Å². The van der Waals surface area contributed by atoms with Crippen LogP contribution in [0, 0.1) is 5.82 Å². The van der Waals surface area contributed by atoms with Gasteiger partial charge in [0.25, 0.3) is 0 Å². The van der Waals surface area contributed by atoms with Crippen molar-refractivity contribution in [1.82, 2.24) is 15.5 Å². The number of rotatable bonds is 6. The number of ether oxygens (including phenoxy) is 1. The molecular formula is C20H34FIN4O. The van der Waals surface area contributed by atoms with Crippen LogP contribution >= 0.6 is 24.0 Å². The van der Waals surface area contributed by atoms with E-state index in [1.807, 2.05) is 6.92 Å². The fourth-order valence-corrected chi connectivity index (χ4v) is 3.19. The number of nitrogens with one attached hydrogen (secondary N) is 2. The first-order valence-corrected chi connectivity index (χ1v) is 9.47. The number of nitrogens with zero attached hydrogens (tertiary/aromatic N) is 2. The second-order valence-corrected chi connectivity index (χ2v) is 7.65. The van der Waals surface area contributed by atoms with Crippen LogP contribution in [0.3, 0.4) is 0 Å². The summed E-state index contributed by atoms with van der Waals surface area (Å²) >= 11 is 0. The molecule has 2 unspecified atom stereocenters. The molecule has 0 saturated carbocycles. The van der Waals surface area contributed by atoms with Crippen LogP contribution in [-0.4, -0.2) is 54.8 Å². The minimum absolute atomic E-state index is 0. The van der Waals surface area contributed by atoms with Gasteiger partial charge in [0.2, 0.25) is 0 Å². The number of aliphatic imine (C=N–C) groups is 1. The van der Waals surface area contributed by atoms with E-state index in [4.69, 9.17) is 4.74 Å². The molecule has 2 N–H and O–H groups in total. The standard InChI is InChI=1S/C20H33FN4O.HI/c1-6-22-19(23-11-17-7-9-18(21)10-8-17)24-14-20(4,5)25-12-15(2)26-16(3)13-25;/h7-10,15-16H,6,11-14H2,1-5H3,(H2,22,23,24);1H. The van der Waals surface area contributed by atoms with Crippen LogP contribution in [0.4, 0.5) is 4.39 Å². The van der Waals surface area contributed by atoms with Crippen molar-refractivity contribution in [2.75, 3.05) is 26.2 Å². The minimum Gasteiger partial charge on any atom is -0.373 e. The van der Waals surface area contributed by atoms with Gasteiger partial charge in [-0.1, -0.05) is 12.1 Å².